The zero-order valence-corrected chi connectivity index (χ0v) is 22.0. The second kappa shape index (κ2) is 11.9. The Hall–Kier alpha value is -1.76. The second-order valence-corrected chi connectivity index (χ2v) is 9.86. The number of ether oxygens (including phenoxy) is 1. The van der Waals surface area contributed by atoms with Crippen molar-refractivity contribution in [3.8, 4) is 5.75 Å². The standard InChI is InChI=1S/C24H29BrCl2N2O3/c1-14(2)17-9-10-22(19(25)11-17)32-13-23(30)29(16(5)24(31)28-15(3)4)12-18-20(26)7-6-8-21(18)27/h6-11,14-16H,12-13H2,1-5H3,(H,28,31)/t16-/m1/s1. The first-order valence-electron chi connectivity index (χ1n) is 10.5. The van der Waals surface area contributed by atoms with Crippen molar-refractivity contribution < 1.29 is 14.3 Å². The molecule has 8 heteroatoms. The Bertz CT molecular complexity index is 946. The Morgan fingerprint density at radius 2 is 1.69 bits per heavy atom. The van der Waals surface area contributed by atoms with E-state index in [0.29, 0.717) is 27.3 Å². The fraction of sp³-hybridized carbons (Fsp3) is 0.417. The number of nitrogens with one attached hydrogen (secondary N) is 1. The largest absolute Gasteiger partial charge is 0.483 e. The van der Waals surface area contributed by atoms with Gasteiger partial charge >= 0.3 is 0 Å². The lowest BCUT2D eigenvalue weighted by Gasteiger charge is -2.30. The quantitative estimate of drug-likeness (QED) is 0.409. The van der Waals surface area contributed by atoms with Crippen LogP contribution in [0.3, 0.4) is 0 Å². The summed E-state index contributed by atoms with van der Waals surface area (Å²) in [7, 11) is 0. The monoisotopic (exact) mass is 542 g/mol. The minimum Gasteiger partial charge on any atom is -0.483 e. The third-order valence-electron chi connectivity index (χ3n) is 4.96. The SMILES string of the molecule is CC(C)NC(=O)[C@@H](C)N(Cc1c(Cl)cccc1Cl)C(=O)COc1ccc(C(C)C)cc1Br. The van der Waals surface area contributed by atoms with E-state index in [2.05, 4.69) is 35.1 Å². The summed E-state index contributed by atoms with van der Waals surface area (Å²) in [5, 5.41) is 3.71. The Labute approximate surface area is 208 Å². The molecule has 0 unspecified atom stereocenters. The second-order valence-electron chi connectivity index (χ2n) is 8.19. The summed E-state index contributed by atoms with van der Waals surface area (Å²) < 4.78 is 6.55. The molecule has 0 saturated carbocycles. The van der Waals surface area contributed by atoms with Gasteiger partial charge in [0.1, 0.15) is 11.8 Å². The van der Waals surface area contributed by atoms with Crippen LogP contribution in [0.15, 0.2) is 40.9 Å². The van der Waals surface area contributed by atoms with Crippen molar-refractivity contribution in [3.63, 3.8) is 0 Å². The fourth-order valence-electron chi connectivity index (χ4n) is 3.06. The van der Waals surface area contributed by atoms with Crippen LogP contribution in [-0.4, -0.2) is 35.4 Å². The van der Waals surface area contributed by atoms with E-state index in [1.54, 1.807) is 25.1 Å². The van der Waals surface area contributed by atoms with E-state index in [1.807, 2.05) is 32.0 Å². The highest BCUT2D eigenvalue weighted by atomic mass is 79.9. The van der Waals surface area contributed by atoms with Crippen LogP contribution >= 0.6 is 39.1 Å². The van der Waals surface area contributed by atoms with E-state index in [9.17, 15) is 9.59 Å². The number of hydrogen-bond donors (Lipinski definition) is 1. The number of amides is 2. The lowest BCUT2D eigenvalue weighted by atomic mass is 10.0. The lowest BCUT2D eigenvalue weighted by Crippen LogP contribution is -2.50. The average Bonchev–Trinajstić information content (AvgIpc) is 2.71. The zero-order valence-electron chi connectivity index (χ0n) is 18.9. The van der Waals surface area contributed by atoms with Gasteiger partial charge in [0.15, 0.2) is 6.61 Å². The van der Waals surface area contributed by atoms with Crippen LogP contribution in [0.4, 0.5) is 0 Å². The number of halogens is 3. The Morgan fingerprint density at radius 1 is 1.06 bits per heavy atom. The van der Waals surface area contributed by atoms with Gasteiger partial charge in [0.25, 0.3) is 5.91 Å². The highest BCUT2D eigenvalue weighted by molar-refractivity contribution is 9.10. The Kier molecular flexibility index (Phi) is 9.86. The summed E-state index contributed by atoms with van der Waals surface area (Å²) >= 11 is 16.1. The van der Waals surface area contributed by atoms with Crippen molar-refractivity contribution in [1.29, 1.82) is 0 Å². The van der Waals surface area contributed by atoms with Gasteiger partial charge in [0, 0.05) is 28.2 Å². The predicted molar refractivity (Wildman–Crippen MR) is 133 cm³/mol. The van der Waals surface area contributed by atoms with Crippen molar-refractivity contribution in [2.75, 3.05) is 6.61 Å². The summed E-state index contributed by atoms with van der Waals surface area (Å²) in [6, 6.07) is 10.1. The molecule has 0 radical (unpaired) electrons. The first kappa shape index (κ1) is 26.5. The smallest absolute Gasteiger partial charge is 0.261 e. The van der Waals surface area contributed by atoms with Gasteiger partial charge in [-0.15, -0.1) is 0 Å². The number of hydrogen-bond acceptors (Lipinski definition) is 3. The first-order valence-corrected chi connectivity index (χ1v) is 12.0. The van der Waals surface area contributed by atoms with E-state index < -0.39 is 6.04 Å². The molecule has 1 N–H and O–H groups in total. The van der Waals surface area contributed by atoms with Crippen LogP contribution in [0, 0.1) is 0 Å². The van der Waals surface area contributed by atoms with Gasteiger partial charge in [0.2, 0.25) is 5.91 Å². The molecule has 0 aliphatic carbocycles. The van der Waals surface area contributed by atoms with Crippen LogP contribution in [0.1, 0.15) is 51.7 Å². The summed E-state index contributed by atoms with van der Waals surface area (Å²) in [6.45, 7) is 9.46. The molecule has 0 fully saturated rings. The predicted octanol–water partition coefficient (Wildman–Crippen LogP) is 6.20. The summed E-state index contributed by atoms with van der Waals surface area (Å²) in [4.78, 5) is 27.3. The molecule has 0 aliphatic rings. The molecule has 0 aromatic heterocycles. The van der Waals surface area contributed by atoms with E-state index in [-0.39, 0.29) is 31.0 Å². The molecule has 2 amide bonds. The first-order chi connectivity index (χ1) is 15.0. The van der Waals surface area contributed by atoms with Crippen LogP contribution in [0.2, 0.25) is 10.0 Å². The minimum atomic E-state index is -0.743. The molecule has 0 aliphatic heterocycles. The van der Waals surface area contributed by atoms with Gasteiger partial charge in [-0.1, -0.05) is 49.2 Å². The third kappa shape index (κ3) is 7.12. The lowest BCUT2D eigenvalue weighted by molar-refractivity contribution is -0.142. The van der Waals surface area contributed by atoms with E-state index in [1.165, 1.54) is 4.90 Å². The van der Waals surface area contributed by atoms with E-state index >= 15 is 0 Å². The number of carbonyl (C=O) groups excluding carboxylic acids is 2. The molecular weight excluding hydrogens is 515 g/mol. The molecule has 0 spiro atoms. The van der Waals surface area contributed by atoms with Crippen LogP contribution in [-0.2, 0) is 16.1 Å². The van der Waals surface area contributed by atoms with Crippen molar-refractivity contribution in [2.45, 2.75) is 59.2 Å². The fourth-order valence-corrected chi connectivity index (χ4v) is 4.09. The van der Waals surface area contributed by atoms with Crippen molar-refractivity contribution in [2.24, 2.45) is 0 Å². The van der Waals surface area contributed by atoms with Crippen molar-refractivity contribution >= 4 is 50.9 Å². The highest BCUT2D eigenvalue weighted by Crippen LogP contribution is 2.30. The molecule has 2 rings (SSSR count). The maximum atomic E-state index is 13.2. The topological polar surface area (TPSA) is 58.6 Å². The molecular formula is C24H29BrCl2N2O3. The zero-order chi connectivity index (χ0) is 24.0. The average molecular weight is 544 g/mol. The third-order valence-corrected chi connectivity index (χ3v) is 6.29. The molecule has 5 nitrogen and oxygen atoms in total. The molecule has 0 heterocycles. The van der Waals surface area contributed by atoms with Crippen LogP contribution in [0.5, 0.6) is 5.75 Å². The molecule has 0 saturated heterocycles. The minimum absolute atomic E-state index is 0.0579. The maximum absolute atomic E-state index is 13.2. The van der Waals surface area contributed by atoms with Crippen LogP contribution in [0.25, 0.3) is 0 Å². The number of carbonyl (C=O) groups is 2. The Morgan fingerprint density at radius 3 is 2.22 bits per heavy atom. The molecule has 2 aromatic rings. The van der Waals surface area contributed by atoms with Gasteiger partial charge < -0.3 is 15.0 Å². The van der Waals surface area contributed by atoms with E-state index in [0.717, 1.165) is 10.0 Å². The molecule has 1 atom stereocenters. The van der Waals surface area contributed by atoms with Gasteiger partial charge in [-0.3, -0.25) is 9.59 Å². The molecule has 2 aromatic carbocycles. The van der Waals surface area contributed by atoms with Crippen LogP contribution < -0.4 is 10.1 Å². The van der Waals surface area contributed by atoms with Gasteiger partial charge in [-0.05, 0) is 72.4 Å². The summed E-state index contributed by atoms with van der Waals surface area (Å²) in [5.74, 6) is 0.308. The molecule has 32 heavy (non-hydrogen) atoms. The van der Waals surface area contributed by atoms with E-state index in [4.69, 9.17) is 27.9 Å². The normalized spacial score (nSPS) is 12.1. The maximum Gasteiger partial charge on any atom is 0.261 e. The molecule has 0 bridgehead atoms. The number of rotatable bonds is 9. The summed E-state index contributed by atoms with van der Waals surface area (Å²) in [5.41, 5.74) is 1.74. The van der Waals surface area contributed by atoms with Gasteiger partial charge in [-0.25, -0.2) is 0 Å². The van der Waals surface area contributed by atoms with Crippen molar-refractivity contribution in [1.82, 2.24) is 10.2 Å². The van der Waals surface area contributed by atoms with Gasteiger partial charge in [-0.2, -0.15) is 0 Å². The molecule has 174 valence electrons. The number of benzene rings is 2. The van der Waals surface area contributed by atoms with Gasteiger partial charge in [0.05, 0.1) is 4.47 Å². The summed E-state index contributed by atoms with van der Waals surface area (Å²) in [6.07, 6.45) is 0. The highest BCUT2D eigenvalue weighted by Gasteiger charge is 2.28. The Balaban J connectivity index is 2.24. The number of nitrogens with zero attached hydrogens (tertiary/aromatic N) is 1. The van der Waals surface area contributed by atoms with Crippen molar-refractivity contribution in [3.05, 3.63) is 62.0 Å².